The molecule has 1 rings (SSSR count). The molecule has 1 amide bonds. The molecule has 0 unspecified atom stereocenters. The Kier molecular flexibility index (Phi) is 6.98. The first kappa shape index (κ1) is 17.8. The van der Waals surface area contributed by atoms with E-state index >= 15 is 0 Å². The lowest BCUT2D eigenvalue weighted by molar-refractivity contribution is -0.127. The van der Waals surface area contributed by atoms with Crippen LogP contribution in [-0.4, -0.2) is 49.2 Å². The summed E-state index contributed by atoms with van der Waals surface area (Å²) in [5, 5.41) is 0. The third kappa shape index (κ3) is 4.61. The lowest BCUT2D eigenvalue weighted by atomic mass is 10.1. The van der Waals surface area contributed by atoms with E-state index in [1.807, 2.05) is 24.5 Å². The number of thiocarbonyl (C=S) groups is 1. The van der Waals surface area contributed by atoms with Crippen molar-refractivity contribution in [3.8, 4) is 0 Å². The van der Waals surface area contributed by atoms with Crippen molar-refractivity contribution in [2.24, 2.45) is 5.73 Å². The number of amides is 1. The van der Waals surface area contributed by atoms with Crippen molar-refractivity contribution in [2.45, 2.75) is 18.2 Å². The van der Waals surface area contributed by atoms with Crippen LogP contribution in [0.1, 0.15) is 18.9 Å². The molecule has 0 aromatic heterocycles. The predicted octanol–water partition coefficient (Wildman–Crippen LogP) is 2.35. The maximum absolute atomic E-state index is 12.1. The predicted molar refractivity (Wildman–Crippen MR) is 95.3 cm³/mol. The summed E-state index contributed by atoms with van der Waals surface area (Å²) in [4.78, 5) is 17.1. The van der Waals surface area contributed by atoms with Crippen LogP contribution in [0.5, 0.6) is 0 Å². The van der Waals surface area contributed by atoms with E-state index < -0.39 is 0 Å². The summed E-state index contributed by atoms with van der Waals surface area (Å²) in [5.74, 6) is 0.0619. The largest absolute Gasteiger partial charge is 0.389 e. The molecule has 21 heavy (non-hydrogen) atoms. The molecule has 0 saturated carbocycles. The van der Waals surface area contributed by atoms with E-state index in [0.717, 1.165) is 29.1 Å². The molecular formula is C15H23N3OS2. The van der Waals surface area contributed by atoms with Gasteiger partial charge in [-0.1, -0.05) is 25.2 Å². The first-order chi connectivity index (χ1) is 9.92. The second-order valence-electron chi connectivity index (χ2n) is 4.93. The van der Waals surface area contributed by atoms with Gasteiger partial charge < -0.3 is 15.5 Å². The van der Waals surface area contributed by atoms with Gasteiger partial charge in [-0.2, -0.15) is 0 Å². The van der Waals surface area contributed by atoms with E-state index in [0.29, 0.717) is 11.5 Å². The van der Waals surface area contributed by atoms with Gasteiger partial charge in [-0.15, -0.1) is 11.8 Å². The number of nitrogens with two attached hydrogens (primary N) is 1. The number of likely N-dealkylation sites (N-methyl/N-ethyl adjacent to an activating group) is 1. The third-order valence-electron chi connectivity index (χ3n) is 3.13. The first-order valence-corrected chi connectivity index (χ1v) is 8.47. The van der Waals surface area contributed by atoms with Crippen LogP contribution in [0.15, 0.2) is 23.1 Å². The van der Waals surface area contributed by atoms with Gasteiger partial charge in [0.05, 0.1) is 6.54 Å². The summed E-state index contributed by atoms with van der Waals surface area (Å²) in [6.07, 6.45) is 2.94. The standard InChI is InChI=1S/C15H23N3OS2/c1-5-9-18(10-13(19)17(2)3)11-7-6-8-12(21-4)14(11)15(16)20/h6-8H,5,9-10H2,1-4H3,(H2,16,20). The van der Waals surface area contributed by atoms with E-state index in [1.54, 1.807) is 30.8 Å². The number of nitrogens with zero attached hydrogens (tertiary/aromatic N) is 2. The SMILES string of the molecule is CCCN(CC(=O)N(C)C)c1cccc(SC)c1C(N)=S. The van der Waals surface area contributed by atoms with Crippen LogP contribution in [0.3, 0.4) is 0 Å². The highest BCUT2D eigenvalue weighted by atomic mass is 32.2. The zero-order valence-corrected chi connectivity index (χ0v) is 14.7. The summed E-state index contributed by atoms with van der Waals surface area (Å²) in [7, 11) is 3.53. The van der Waals surface area contributed by atoms with Gasteiger partial charge in [-0.05, 0) is 24.8 Å². The average molecular weight is 326 g/mol. The molecule has 0 aliphatic rings. The fourth-order valence-electron chi connectivity index (χ4n) is 2.06. The Morgan fingerprint density at radius 3 is 2.52 bits per heavy atom. The fraction of sp³-hybridized carbons (Fsp3) is 0.467. The minimum absolute atomic E-state index is 0.0619. The van der Waals surface area contributed by atoms with Crippen molar-refractivity contribution >= 4 is 40.6 Å². The number of rotatable bonds is 7. The van der Waals surface area contributed by atoms with Gasteiger partial charge in [0, 0.05) is 36.8 Å². The molecule has 116 valence electrons. The number of benzene rings is 1. The van der Waals surface area contributed by atoms with Crippen LogP contribution in [0, 0.1) is 0 Å². The van der Waals surface area contributed by atoms with E-state index in [2.05, 4.69) is 11.8 Å². The normalized spacial score (nSPS) is 10.3. The summed E-state index contributed by atoms with van der Waals surface area (Å²) in [6, 6.07) is 5.96. The molecule has 1 aromatic rings. The molecule has 0 saturated heterocycles. The lowest BCUT2D eigenvalue weighted by Crippen LogP contribution is -2.38. The van der Waals surface area contributed by atoms with E-state index in [9.17, 15) is 4.79 Å². The van der Waals surface area contributed by atoms with Crippen LogP contribution in [-0.2, 0) is 4.79 Å². The topological polar surface area (TPSA) is 49.6 Å². The molecule has 0 fully saturated rings. The zero-order valence-electron chi connectivity index (χ0n) is 13.0. The van der Waals surface area contributed by atoms with Crippen LogP contribution in [0.2, 0.25) is 0 Å². The number of hydrogen-bond donors (Lipinski definition) is 1. The Balaban J connectivity index is 3.24. The fourth-order valence-corrected chi connectivity index (χ4v) is 2.97. The van der Waals surface area contributed by atoms with Crippen molar-refractivity contribution in [2.75, 3.05) is 38.3 Å². The molecule has 0 spiro atoms. The molecule has 0 aliphatic carbocycles. The molecule has 0 atom stereocenters. The smallest absolute Gasteiger partial charge is 0.241 e. The molecule has 2 N–H and O–H groups in total. The van der Waals surface area contributed by atoms with Crippen LogP contribution >= 0.6 is 24.0 Å². The third-order valence-corrected chi connectivity index (χ3v) is 4.11. The molecule has 0 heterocycles. The summed E-state index contributed by atoms with van der Waals surface area (Å²) in [6.45, 7) is 3.20. The van der Waals surface area contributed by atoms with Gasteiger partial charge in [0.15, 0.2) is 0 Å². The van der Waals surface area contributed by atoms with Crippen LogP contribution in [0.25, 0.3) is 0 Å². The Morgan fingerprint density at radius 2 is 2.05 bits per heavy atom. The molecule has 4 nitrogen and oxygen atoms in total. The number of carbonyl (C=O) groups excluding carboxylic acids is 1. The lowest BCUT2D eigenvalue weighted by Gasteiger charge is -2.28. The van der Waals surface area contributed by atoms with Gasteiger partial charge >= 0.3 is 0 Å². The maximum Gasteiger partial charge on any atom is 0.241 e. The highest BCUT2D eigenvalue weighted by Gasteiger charge is 2.18. The van der Waals surface area contributed by atoms with Crippen molar-refractivity contribution in [3.05, 3.63) is 23.8 Å². The first-order valence-electron chi connectivity index (χ1n) is 6.84. The molecule has 0 aliphatic heterocycles. The Hall–Kier alpha value is -1.27. The summed E-state index contributed by atoms with van der Waals surface area (Å²) >= 11 is 6.82. The van der Waals surface area contributed by atoms with E-state index in [-0.39, 0.29) is 5.91 Å². The quantitative estimate of drug-likeness (QED) is 0.616. The number of anilines is 1. The van der Waals surface area contributed by atoms with Crippen molar-refractivity contribution < 1.29 is 4.79 Å². The highest BCUT2D eigenvalue weighted by Crippen LogP contribution is 2.30. The van der Waals surface area contributed by atoms with E-state index in [4.69, 9.17) is 18.0 Å². The van der Waals surface area contributed by atoms with E-state index in [1.165, 1.54) is 0 Å². The molecule has 1 aromatic carbocycles. The molecule has 0 bridgehead atoms. The minimum Gasteiger partial charge on any atom is -0.389 e. The number of carbonyl (C=O) groups is 1. The molecule has 0 radical (unpaired) electrons. The zero-order chi connectivity index (χ0) is 16.0. The van der Waals surface area contributed by atoms with Gasteiger partial charge in [0.2, 0.25) is 5.91 Å². The van der Waals surface area contributed by atoms with Crippen LogP contribution in [0.4, 0.5) is 5.69 Å². The number of thioether (sulfide) groups is 1. The highest BCUT2D eigenvalue weighted by molar-refractivity contribution is 7.98. The monoisotopic (exact) mass is 325 g/mol. The number of hydrogen-bond acceptors (Lipinski definition) is 4. The van der Waals surface area contributed by atoms with Gasteiger partial charge in [0.1, 0.15) is 4.99 Å². The van der Waals surface area contributed by atoms with Crippen LogP contribution < -0.4 is 10.6 Å². The van der Waals surface area contributed by atoms with Gasteiger partial charge in [0.25, 0.3) is 0 Å². The van der Waals surface area contributed by atoms with Gasteiger partial charge in [-0.25, -0.2) is 0 Å². The van der Waals surface area contributed by atoms with Crippen molar-refractivity contribution in [3.63, 3.8) is 0 Å². The maximum atomic E-state index is 12.1. The molecule has 6 heteroatoms. The average Bonchev–Trinajstić information content (AvgIpc) is 2.45. The Bertz CT molecular complexity index is 518. The van der Waals surface area contributed by atoms with Crippen molar-refractivity contribution in [1.82, 2.24) is 4.90 Å². The second-order valence-corrected chi connectivity index (χ2v) is 6.22. The summed E-state index contributed by atoms with van der Waals surface area (Å²) < 4.78 is 0. The Morgan fingerprint density at radius 1 is 1.38 bits per heavy atom. The second kappa shape index (κ2) is 8.24. The summed E-state index contributed by atoms with van der Waals surface area (Å²) in [5.41, 5.74) is 7.71. The molecular weight excluding hydrogens is 302 g/mol. The van der Waals surface area contributed by atoms with Crippen molar-refractivity contribution in [1.29, 1.82) is 0 Å². The van der Waals surface area contributed by atoms with Gasteiger partial charge in [-0.3, -0.25) is 4.79 Å². The Labute approximate surface area is 136 Å². The minimum atomic E-state index is 0.0619.